The molecule has 2 aromatic carbocycles. The van der Waals surface area contributed by atoms with Crippen LogP contribution >= 0.6 is 0 Å². The first-order chi connectivity index (χ1) is 13.0. The highest BCUT2D eigenvalue weighted by Crippen LogP contribution is 2.38. The summed E-state index contributed by atoms with van der Waals surface area (Å²) in [6.07, 6.45) is -5.95. The Bertz CT molecular complexity index is 1040. The molecule has 0 aliphatic carbocycles. The lowest BCUT2D eigenvalue weighted by atomic mass is 10.0. The molecule has 3 rings (SSSR count). The summed E-state index contributed by atoms with van der Waals surface area (Å²) in [5.41, 5.74) is -1.11. The third-order valence-electron chi connectivity index (χ3n) is 3.98. The third kappa shape index (κ3) is 3.65. The normalized spacial score (nSPS) is 12.2. The van der Waals surface area contributed by atoms with Crippen LogP contribution < -0.4 is 0 Å². The Balaban J connectivity index is 2.42. The van der Waals surface area contributed by atoms with Crippen LogP contribution in [-0.2, 0) is 4.74 Å². The van der Waals surface area contributed by atoms with Gasteiger partial charge in [0.2, 0.25) is 0 Å². The Labute approximate surface area is 159 Å². The van der Waals surface area contributed by atoms with E-state index < -0.39 is 29.2 Å². The van der Waals surface area contributed by atoms with Gasteiger partial charge in [0, 0.05) is 5.39 Å². The fourth-order valence-electron chi connectivity index (χ4n) is 2.98. The van der Waals surface area contributed by atoms with Crippen molar-refractivity contribution in [2.45, 2.75) is 32.5 Å². The van der Waals surface area contributed by atoms with Gasteiger partial charge in [0.1, 0.15) is 5.60 Å². The summed E-state index contributed by atoms with van der Waals surface area (Å²) in [5, 5.41) is 0.0366. The second kappa shape index (κ2) is 6.82. The van der Waals surface area contributed by atoms with Gasteiger partial charge in [0.05, 0.1) is 16.8 Å². The number of halogens is 3. The summed E-state index contributed by atoms with van der Waals surface area (Å²) in [5.74, 6) is -2.01. The van der Waals surface area contributed by atoms with Gasteiger partial charge >= 0.3 is 12.3 Å². The lowest BCUT2D eigenvalue weighted by Gasteiger charge is -2.21. The second-order valence-electron chi connectivity index (χ2n) is 7.25. The van der Waals surface area contributed by atoms with E-state index in [1.54, 1.807) is 57.2 Å². The number of ketones is 1. The van der Waals surface area contributed by atoms with Crippen molar-refractivity contribution >= 4 is 22.8 Å². The molecule has 1 heterocycles. The van der Waals surface area contributed by atoms with E-state index in [0.717, 1.165) is 4.57 Å². The molecule has 28 heavy (non-hydrogen) atoms. The molecule has 4 nitrogen and oxygen atoms in total. The summed E-state index contributed by atoms with van der Waals surface area (Å²) >= 11 is 0. The van der Waals surface area contributed by atoms with Crippen molar-refractivity contribution in [3.63, 3.8) is 0 Å². The van der Waals surface area contributed by atoms with E-state index in [-0.39, 0.29) is 16.6 Å². The maximum atomic E-state index is 13.4. The third-order valence-corrected chi connectivity index (χ3v) is 3.98. The zero-order valence-electron chi connectivity index (χ0n) is 15.5. The van der Waals surface area contributed by atoms with Crippen LogP contribution in [0.5, 0.6) is 0 Å². The van der Waals surface area contributed by atoms with Gasteiger partial charge in [-0.05, 0) is 32.4 Å². The van der Waals surface area contributed by atoms with E-state index in [0.29, 0.717) is 5.56 Å². The number of alkyl halides is 3. The minimum atomic E-state index is -5.09. The van der Waals surface area contributed by atoms with Crippen LogP contribution in [0.25, 0.3) is 22.2 Å². The molecule has 0 N–H and O–H groups in total. The number of para-hydroxylation sites is 1. The van der Waals surface area contributed by atoms with Gasteiger partial charge in [-0.15, -0.1) is 0 Å². The van der Waals surface area contributed by atoms with Crippen molar-refractivity contribution in [2.24, 2.45) is 0 Å². The zero-order chi connectivity index (χ0) is 20.7. The molecule has 0 radical (unpaired) electrons. The Morgan fingerprint density at radius 2 is 1.46 bits per heavy atom. The molecule has 0 fully saturated rings. The predicted molar refractivity (Wildman–Crippen MR) is 99.4 cm³/mol. The number of fused-ring (bicyclic) bond motifs is 1. The smallest absolute Gasteiger partial charge is 0.443 e. The van der Waals surface area contributed by atoms with Crippen LogP contribution in [0.3, 0.4) is 0 Å². The highest BCUT2D eigenvalue weighted by Gasteiger charge is 2.43. The maximum absolute atomic E-state index is 13.4. The standard InChI is InChI=1S/C21H18F3NO3/c1-20(2,3)28-19(27)25-15-12-8-7-11-14(15)16(18(26)21(22,23)24)17(25)13-9-5-4-6-10-13/h4-12H,1-3H3. The largest absolute Gasteiger partial charge is 0.454 e. The molecule has 0 aliphatic heterocycles. The summed E-state index contributed by atoms with van der Waals surface area (Å²) in [4.78, 5) is 25.2. The van der Waals surface area contributed by atoms with Crippen molar-refractivity contribution in [3.05, 3.63) is 60.2 Å². The summed E-state index contributed by atoms with van der Waals surface area (Å²) < 4.78 is 46.5. The van der Waals surface area contributed by atoms with Crippen molar-refractivity contribution in [2.75, 3.05) is 0 Å². The summed E-state index contributed by atoms with van der Waals surface area (Å²) in [6.45, 7) is 4.96. The van der Waals surface area contributed by atoms with E-state index in [9.17, 15) is 22.8 Å². The number of benzene rings is 2. The molecule has 3 aromatic rings. The van der Waals surface area contributed by atoms with E-state index >= 15 is 0 Å². The van der Waals surface area contributed by atoms with Crippen LogP contribution in [0.1, 0.15) is 31.1 Å². The predicted octanol–water partition coefficient (Wildman–Crippen LogP) is 5.84. The van der Waals surface area contributed by atoms with Gasteiger partial charge in [-0.25, -0.2) is 9.36 Å². The van der Waals surface area contributed by atoms with Crippen molar-refractivity contribution in [3.8, 4) is 11.3 Å². The molecule has 0 spiro atoms. The Morgan fingerprint density at radius 1 is 0.893 bits per heavy atom. The lowest BCUT2D eigenvalue weighted by molar-refractivity contribution is -0.0883. The minimum Gasteiger partial charge on any atom is -0.443 e. The number of carbonyl (C=O) groups excluding carboxylic acids is 2. The molecule has 0 saturated carbocycles. The molecule has 7 heteroatoms. The highest BCUT2D eigenvalue weighted by atomic mass is 19.4. The first-order valence-corrected chi connectivity index (χ1v) is 8.54. The number of nitrogens with zero attached hydrogens (tertiary/aromatic N) is 1. The Hall–Kier alpha value is -3.09. The van der Waals surface area contributed by atoms with Crippen LogP contribution in [-0.4, -0.2) is 28.2 Å². The average molecular weight is 389 g/mol. The van der Waals surface area contributed by atoms with Crippen molar-refractivity contribution in [1.82, 2.24) is 4.57 Å². The average Bonchev–Trinajstić information content (AvgIpc) is 2.94. The molecule has 0 saturated heterocycles. The number of carbonyl (C=O) groups is 2. The van der Waals surface area contributed by atoms with Gasteiger partial charge in [-0.3, -0.25) is 4.79 Å². The first-order valence-electron chi connectivity index (χ1n) is 8.54. The van der Waals surface area contributed by atoms with Gasteiger partial charge in [0.25, 0.3) is 5.78 Å². The fraction of sp³-hybridized carbons (Fsp3) is 0.238. The molecule has 0 bridgehead atoms. The van der Waals surface area contributed by atoms with Crippen LogP contribution in [0.2, 0.25) is 0 Å². The van der Waals surface area contributed by atoms with E-state index in [2.05, 4.69) is 0 Å². The quantitative estimate of drug-likeness (QED) is 0.518. The molecule has 0 unspecified atom stereocenters. The van der Waals surface area contributed by atoms with E-state index in [1.807, 2.05) is 0 Å². The first kappa shape index (κ1) is 19.7. The van der Waals surface area contributed by atoms with E-state index in [4.69, 9.17) is 4.74 Å². The SMILES string of the molecule is CC(C)(C)OC(=O)n1c(-c2ccccc2)c(C(=O)C(F)(F)F)c2ccccc21. The Morgan fingerprint density at radius 3 is 2.04 bits per heavy atom. The van der Waals surface area contributed by atoms with Crippen molar-refractivity contribution in [1.29, 1.82) is 0 Å². The van der Waals surface area contributed by atoms with Crippen molar-refractivity contribution < 1.29 is 27.5 Å². The molecular formula is C21H18F3NO3. The van der Waals surface area contributed by atoms with E-state index in [1.165, 1.54) is 18.2 Å². The molecule has 0 aliphatic rings. The molecule has 146 valence electrons. The van der Waals surface area contributed by atoms with Gasteiger partial charge in [-0.1, -0.05) is 48.5 Å². The molecule has 0 amide bonds. The second-order valence-corrected chi connectivity index (χ2v) is 7.25. The number of hydrogen-bond donors (Lipinski definition) is 0. The topological polar surface area (TPSA) is 48.3 Å². The fourth-order valence-corrected chi connectivity index (χ4v) is 2.98. The monoisotopic (exact) mass is 389 g/mol. The van der Waals surface area contributed by atoms with Gasteiger partial charge < -0.3 is 4.74 Å². The zero-order valence-corrected chi connectivity index (χ0v) is 15.5. The molecular weight excluding hydrogens is 371 g/mol. The molecule has 1 aromatic heterocycles. The highest BCUT2D eigenvalue weighted by molar-refractivity contribution is 6.17. The van der Waals surface area contributed by atoms with Gasteiger partial charge in [0.15, 0.2) is 0 Å². The van der Waals surface area contributed by atoms with Crippen LogP contribution in [0, 0.1) is 0 Å². The lowest BCUT2D eigenvalue weighted by Crippen LogP contribution is -2.28. The van der Waals surface area contributed by atoms with Gasteiger partial charge in [-0.2, -0.15) is 13.2 Å². The number of hydrogen-bond acceptors (Lipinski definition) is 3. The number of ether oxygens (including phenoxy) is 1. The Kier molecular flexibility index (Phi) is 4.79. The summed E-state index contributed by atoms with van der Waals surface area (Å²) in [7, 11) is 0. The number of Topliss-reactive ketones (excluding diaryl/α,β-unsaturated/α-hetero) is 1. The summed E-state index contributed by atoms with van der Waals surface area (Å²) in [6, 6.07) is 14.0. The minimum absolute atomic E-state index is 0.0366. The number of aromatic nitrogens is 1. The molecule has 0 atom stereocenters. The van der Waals surface area contributed by atoms with Crippen LogP contribution in [0.15, 0.2) is 54.6 Å². The maximum Gasteiger partial charge on any atom is 0.454 e. The number of rotatable bonds is 2. The van der Waals surface area contributed by atoms with Crippen LogP contribution in [0.4, 0.5) is 18.0 Å².